The van der Waals surface area contributed by atoms with Gasteiger partial charge in [-0.1, -0.05) is 18.2 Å². The van der Waals surface area contributed by atoms with E-state index < -0.39 is 0 Å². The van der Waals surface area contributed by atoms with Crippen molar-refractivity contribution in [2.75, 3.05) is 11.4 Å². The van der Waals surface area contributed by atoms with Gasteiger partial charge in [-0.15, -0.1) is 0 Å². The predicted octanol–water partition coefficient (Wildman–Crippen LogP) is 4.97. The highest BCUT2D eigenvalue weighted by molar-refractivity contribution is 6.14. The summed E-state index contributed by atoms with van der Waals surface area (Å²) in [7, 11) is 0. The van der Waals surface area contributed by atoms with Crippen LogP contribution in [0.5, 0.6) is 0 Å². The van der Waals surface area contributed by atoms with Gasteiger partial charge in [-0.25, -0.2) is 9.67 Å². The van der Waals surface area contributed by atoms with Crippen molar-refractivity contribution < 1.29 is 4.79 Å². The number of carbonyl (C=O) groups excluding carboxylic acids is 1. The Morgan fingerprint density at radius 3 is 2.66 bits per heavy atom. The van der Waals surface area contributed by atoms with Crippen LogP contribution in [0.3, 0.4) is 0 Å². The molecular formula is C24H28N4O. The minimum atomic E-state index is -0.195. The molecule has 2 aliphatic rings. The molecule has 5 heteroatoms. The summed E-state index contributed by atoms with van der Waals surface area (Å²) < 4.78 is 1.99. The third-order valence-corrected chi connectivity index (χ3v) is 6.05. The zero-order chi connectivity index (χ0) is 20.3. The van der Waals surface area contributed by atoms with Gasteiger partial charge in [-0.05, 0) is 71.1 Å². The minimum Gasteiger partial charge on any atom is -0.308 e. The zero-order valence-electron chi connectivity index (χ0n) is 17.7. The maximum Gasteiger partial charge on any atom is 0.259 e. The normalized spacial score (nSPS) is 16.9. The van der Waals surface area contributed by atoms with E-state index in [0.717, 1.165) is 65.9 Å². The average Bonchev–Trinajstić information content (AvgIpc) is 3.49. The molecule has 3 heterocycles. The number of hydrogen-bond donors (Lipinski definition) is 0. The van der Waals surface area contributed by atoms with Crippen LogP contribution in [0.1, 0.15) is 73.3 Å². The Balaban J connectivity index is 1.71. The highest BCUT2D eigenvalue weighted by Crippen LogP contribution is 2.41. The second-order valence-electron chi connectivity index (χ2n) is 9.42. The number of para-hydroxylation sites is 1. The van der Waals surface area contributed by atoms with E-state index in [0.29, 0.717) is 5.92 Å². The lowest BCUT2D eigenvalue weighted by molar-refractivity contribution is 0.0986. The van der Waals surface area contributed by atoms with Crippen LogP contribution in [0.25, 0.3) is 11.0 Å². The highest BCUT2D eigenvalue weighted by atomic mass is 16.2. The summed E-state index contributed by atoms with van der Waals surface area (Å²) in [5, 5.41) is 5.70. The summed E-state index contributed by atoms with van der Waals surface area (Å²) in [4.78, 5) is 20.8. The molecule has 0 bridgehead atoms. The molecular weight excluding hydrogens is 360 g/mol. The summed E-state index contributed by atoms with van der Waals surface area (Å²) in [6, 6.07) is 10.3. The molecule has 150 valence electrons. The zero-order valence-corrected chi connectivity index (χ0v) is 17.7. The third kappa shape index (κ3) is 3.04. The van der Waals surface area contributed by atoms with Gasteiger partial charge in [0.2, 0.25) is 0 Å². The lowest BCUT2D eigenvalue weighted by Crippen LogP contribution is -2.35. The molecule has 0 N–H and O–H groups in total. The Hall–Kier alpha value is -2.69. The maximum absolute atomic E-state index is 13.8. The first-order valence-corrected chi connectivity index (χ1v) is 10.6. The lowest BCUT2D eigenvalue weighted by Gasteiger charge is -2.30. The molecule has 1 aromatic carbocycles. The predicted molar refractivity (Wildman–Crippen MR) is 116 cm³/mol. The molecule has 0 unspecified atom stereocenters. The SMILES string of the molecule is Cc1nn(C(C)(C)C)c2nc(C3CC3)cc(C(=O)N3CCCc4ccccc43)c12. The smallest absolute Gasteiger partial charge is 0.259 e. The van der Waals surface area contributed by atoms with Crippen molar-refractivity contribution in [2.45, 2.75) is 64.8 Å². The van der Waals surface area contributed by atoms with Gasteiger partial charge in [0.05, 0.1) is 22.2 Å². The average molecular weight is 389 g/mol. The van der Waals surface area contributed by atoms with Crippen molar-refractivity contribution >= 4 is 22.6 Å². The second kappa shape index (κ2) is 6.41. The fraction of sp³-hybridized carbons (Fsp3) is 0.458. The van der Waals surface area contributed by atoms with E-state index >= 15 is 0 Å². The van der Waals surface area contributed by atoms with Crippen LogP contribution in [-0.4, -0.2) is 27.2 Å². The summed E-state index contributed by atoms with van der Waals surface area (Å²) in [6.07, 6.45) is 4.33. The van der Waals surface area contributed by atoms with Gasteiger partial charge < -0.3 is 4.90 Å². The minimum absolute atomic E-state index is 0.0722. The van der Waals surface area contributed by atoms with Gasteiger partial charge in [0.1, 0.15) is 0 Å². The number of hydrogen-bond acceptors (Lipinski definition) is 3. The van der Waals surface area contributed by atoms with Crippen LogP contribution >= 0.6 is 0 Å². The van der Waals surface area contributed by atoms with Gasteiger partial charge in [0, 0.05) is 23.8 Å². The largest absolute Gasteiger partial charge is 0.308 e. The Kier molecular flexibility index (Phi) is 4.05. The quantitative estimate of drug-likeness (QED) is 0.623. The molecule has 5 nitrogen and oxygen atoms in total. The van der Waals surface area contributed by atoms with Crippen LogP contribution in [0.15, 0.2) is 30.3 Å². The van der Waals surface area contributed by atoms with E-state index in [4.69, 9.17) is 10.1 Å². The Labute approximate surface area is 171 Å². The van der Waals surface area contributed by atoms with Crippen LogP contribution in [0, 0.1) is 6.92 Å². The molecule has 1 saturated carbocycles. The van der Waals surface area contributed by atoms with Crippen molar-refractivity contribution in [1.82, 2.24) is 14.8 Å². The van der Waals surface area contributed by atoms with E-state index in [1.54, 1.807) is 0 Å². The van der Waals surface area contributed by atoms with E-state index in [1.807, 2.05) is 28.6 Å². The molecule has 0 radical (unpaired) electrons. The summed E-state index contributed by atoms with van der Waals surface area (Å²) in [6.45, 7) is 9.14. The van der Waals surface area contributed by atoms with Gasteiger partial charge in [0.15, 0.2) is 5.65 Å². The topological polar surface area (TPSA) is 51.0 Å². The van der Waals surface area contributed by atoms with Gasteiger partial charge in [0.25, 0.3) is 5.91 Å². The Morgan fingerprint density at radius 2 is 1.93 bits per heavy atom. The molecule has 0 spiro atoms. The maximum atomic E-state index is 13.8. The molecule has 1 fully saturated rings. The van der Waals surface area contributed by atoms with Crippen LogP contribution in [0.2, 0.25) is 0 Å². The van der Waals surface area contributed by atoms with Crippen molar-refractivity contribution in [1.29, 1.82) is 0 Å². The fourth-order valence-electron chi connectivity index (χ4n) is 4.42. The van der Waals surface area contributed by atoms with E-state index in [2.05, 4.69) is 39.0 Å². The molecule has 2 aromatic heterocycles. The van der Waals surface area contributed by atoms with Gasteiger partial charge >= 0.3 is 0 Å². The highest BCUT2D eigenvalue weighted by Gasteiger charge is 2.32. The fourth-order valence-corrected chi connectivity index (χ4v) is 4.42. The number of nitrogens with zero attached hydrogens (tertiary/aromatic N) is 4. The Bertz CT molecular complexity index is 1120. The van der Waals surface area contributed by atoms with Crippen LogP contribution in [-0.2, 0) is 12.0 Å². The number of carbonyl (C=O) groups is 1. The van der Waals surface area contributed by atoms with Gasteiger partial charge in [-0.3, -0.25) is 4.79 Å². The monoisotopic (exact) mass is 388 g/mol. The van der Waals surface area contributed by atoms with Crippen molar-refractivity contribution in [3.63, 3.8) is 0 Å². The van der Waals surface area contributed by atoms with E-state index in [1.165, 1.54) is 5.56 Å². The first-order valence-electron chi connectivity index (χ1n) is 10.6. The number of benzene rings is 1. The summed E-state index contributed by atoms with van der Waals surface area (Å²) in [5.41, 5.74) is 5.61. The third-order valence-electron chi connectivity index (χ3n) is 6.05. The number of rotatable bonds is 2. The van der Waals surface area contributed by atoms with Crippen molar-refractivity contribution in [2.24, 2.45) is 0 Å². The molecule has 29 heavy (non-hydrogen) atoms. The number of anilines is 1. The number of fused-ring (bicyclic) bond motifs is 2. The van der Waals surface area contributed by atoms with Crippen LogP contribution in [0.4, 0.5) is 5.69 Å². The van der Waals surface area contributed by atoms with Crippen LogP contribution < -0.4 is 4.90 Å². The number of aromatic nitrogens is 3. The summed E-state index contributed by atoms with van der Waals surface area (Å²) in [5.74, 6) is 0.547. The summed E-state index contributed by atoms with van der Waals surface area (Å²) >= 11 is 0. The van der Waals surface area contributed by atoms with E-state index in [-0.39, 0.29) is 11.4 Å². The second-order valence-corrected chi connectivity index (χ2v) is 9.42. The molecule has 1 aliphatic carbocycles. The molecule has 1 aliphatic heterocycles. The molecule has 1 amide bonds. The molecule has 3 aromatic rings. The standard InChI is InChI=1S/C24H28N4O/c1-15-21-18(23(29)27-13-7-9-17-8-5-6-10-20(17)27)14-19(16-11-12-16)25-22(21)28(26-15)24(2,3)4/h5-6,8,10,14,16H,7,9,11-13H2,1-4H3. The molecule has 5 rings (SSSR count). The van der Waals surface area contributed by atoms with Gasteiger partial charge in [-0.2, -0.15) is 5.10 Å². The van der Waals surface area contributed by atoms with Crippen molar-refractivity contribution in [3.8, 4) is 0 Å². The lowest BCUT2D eigenvalue weighted by atomic mass is 9.99. The molecule has 0 atom stereocenters. The van der Waals surface area contributed by atoms with E-state index in [9.17, 15) is 4.79 Å². The first-order chi connectivity index (χ1) is 13.8. The first kappa shape index (κ1) is 18.3. The molecule has 0 saturated heterocycles. The van der Waals surface area contributed by atoms with Crippen molar-refractivity contribution in [3.05, 3.63) is 52.8 Å². The number of pyridine rings is 1. The Morgan fingerprint density at radius 1 is 1.17 bits per heavy atom. The number of aryl methyl sites for hydroxylation is 2. The number of amides is 1.